The third-order valence-corrected chi connectivity index (χ3v) is 4.27. The number of hydrogen-bond donors (Lipinski definition) is 1. The predicted octanol–water partition coefficient (Wildman–Crippen LogP) is 3.02. The smallest absolute Gasteiger partial charge is 0.119 e. The van der Waals surface area contributed by atoms with Crippen LogP contribution in [0.25, 0.3) is 0 Å². The molecule has 1 aromatic carbocycles. The van der Waals surface area contributed by atoms with Crippen molar-refractivity contribution in [3.63, 3.8) is 0 Å². The third-order valence-electron chi connectivity index (χ3n) is 4.27. The molecule has 1 fully saturated rings. The summed E-state index contributed by atoms with van der Waals surface area (Å²) < 4.78 is 5.58. The van der Waals surface area contributed by atoms with Crippen LogP contribution in [0.4, 0.5) is 0 Å². The van der Waals surface area contributed by atoms with E-state index < -0.39 is 5.60 Å². The van der Waals surface area contributed by atoms with Crippen LogP contribution in [0.2, 0.25) is 0 Å². The minimum atomic E-state index is -0.713. The zero-order chi connectivity index (χ0) is 14.6. The quantitative estimate of drug-likeness (QED) is 0.898. The zero-order valence-electron chi connectivity index (χ0n) is 12.9. The van der Waals surface area contributed by atoms with Crippen LogP contribution in [0.5, 0.6) is 5.75 Å². The molecule has 0 spiro atoms. The molecule has 1 aliphatic rings. The molecule has 3 heteroatoms. The summed E-state index contributed by atoms with van der Waals surface area (Å²) in [6.07, 6.45) is 4.25. The monoisotopic (exact) mass is 277 g/mol. The van der Waals surface area contributed by atoms with Crippen molar-refractivity contribution in [1.82, 2.24) is 4.90 Å². The Morgan fingerprint density at radius 3 is 2.85 bits per heavy atom. The van der Waals surface area contributed by atoms with Crippen molar-refractivity contribution in [2.24, 2.45) is 5.92 Å². The van der Waals surface area contributed by atoms with Gasteiger partial charge in [-0.1, -0.05) is 25.0 Å². The van der Waals surface area contributed by atoms with Gasteiger partial charge in [0.15, 0.2) is 0 Å². The molecule has 112 valence electrons. The fourth-order valence-electron chi connectivity index (χ4n) is 3.31. The molecular formula is C17H27NO2. The Labute approximate surface area is 122 Å². The predicted molar refractivity (Wildman–Crippen MR) is 82.0 cm³/mol. The Balaban J connectivity index is 2.27. The molecule has 0 aromatic heterocycles. The third kappa shape index (κ3) is 3.33. The average Bonchev–Trinajstić information content (AvgIpc) is 2.42. The van der Waals surface area contributed by atoms with Crippen LogP contribution in [0, 0.1) is 5.92 Å². The number of hydrogen-bond acceptors (Lipinski definition) is 3. The number of rotatable bonds is 5. The molecule has 0 radical (unpaired) electrons. The summed E-state index contributed by atoms with van der Waals surface area (Å²) in [6.45, 7) is 3.56. The normalized spacial score (nSPS) is 26.8. The van der Waals surface area contributed by atoms with E-state index in [2.05, 4.69) is 19.0 Å². The van der Waals surface area contributed by atoms with Gasteiger partial charge in [-0.2, -0.15) is 0 Å². The molecule has 0 saturated heterocycles. The van der Waals surface area contributed by atoms with Crippen LogP contribution in [0.15, 0.2) is 24.3 Å². The highest BCUT2D eigenvalue weighted by Gasteiger charge is 2.40. The van der Waals surface area contributed by atoms with Gasteiger partial charge < -0.3 is 14.7 Å². The second-order valence-corrected chi connectivity index (χ2v) is 6.09. The molecule has 3 nitrogen and oxygen atoms in total. The van der Waals surface area contributed by atoms with Gasteiger partial charge in [-0.3, -0.25) is 0 Å². The number of ether oxygens (including phenoxy) is 1. The standard InChI is InChI=1S/C17H27NO2/c1-4-20-16-10-7-9-14(12-16)17(19)11-6-5-8-15(17)13-18(2)3/h7,9-10,12,15,19H,4-6,8,11,13H2,1-3H3. The molecule has 2 atom stereocenters. The number of aliphatic hydroxyl groups is 1. The minimum Gasteiger partial charge on any atom is -0.494 e. The Morgan fingerprint density at radius 2 is 2.15 bits per heavy atom. The summed E-state index contributed by atoms with van der Waals surface area (Å²) in [5, 5.41) is 11.3. The fourth-order valence-corrected chi connectivity index (χ4v) is 3.31. The van der Waals surface area contributed by atoms with E-state index in [1.165, 1.54) is 6.42 Å². The Morgan fingerprint density at radius 1 is 1.35 bits per heavy atom. The maximum absolute atomic E-state index is 11.3. The average molecular weight is 277 g/mol. The Hall–Kier alpha value is -1.06. The molecule has 1 N–H and O–H groups in total. The van der Waals surface area contributed by atoms with Crippen molar-refractivity contribution in [2.75, 3.05) is 27.2 Å². The first kappa shape index (κ1) is 15.3. The number of benzene rings is 1. The van der Waals surface area contributed by atoms with Crippen LogP contribution in [-0.4, -0.2) is 37.3 Å². The lowest BCUT2D eigenvalue weighted by atomic mass is 9.71. The second-order valence-electron chi connectivity index (χ2n) is 6.09. The summed E-state index contributed by atoms with van der Waals surface area (Å²) >= 11 is 0. The van der Waals surface area contributed by atoms with Gasteiger partial charge in [-0.25, -0.2) is 0 Å². The lowest BCUT2D eigenvalue weighted by molar-refractivity contribution is -0.0619. The van der Waals surface area contributed by atoms with Crippen molar-refractivity contribution >= 4 is 0 Å². The molecule has 0 bridgehead atoms. The van der Waals surface area contributed by atoms with E-state index in [1.54, 1.807) is 0 Å². The van der Waals surface area contributed by atoms with Crippen LogP contribution in [0.1, 0.15) is 38.2 Å². The van der Waals surface area contributed by atoms with Gasteiger partial charge in [0.25, 0.3) is 0 Å². The summed E-state index contributed by atoms with van der Waals surface area (Å²) in [5.74, 6) is 1.15. The topological polar surface area (TPSA) is 32.7 Å². The van der Waals surface area contributed by atoms with E-state index in [-0.39, 0.29) is 0 Å². The van der Waals surface area contributed by atoms with Crippen molar-refractivity contribution in [3.8, 4) is 5.75 Å². The van der Waals surface area contributed by atoms with E-state index in [1.807, 2.05) is 31.2 Å². The summed E-state index contributed by atoms with van der Waals surface area (Å²) in [4.78, 5) is 2.17. The van der Waals surface area contributed by atoms with Crippen molar-refractivity contribution in [2.45, 2.75) is 38.2 Å². The molecule has 0 aliphatic heterocycles. The zero-order valence-corrected chi connectivity index (χ0v) is 12.9. The molecule has 1 saturated carbocycles. The molecule has 2 unspecified atom stereocenters. The molecule has 0 amide bonds. The molecule has 2 rings (SSSR count). The van der Waals surface area contributed by atoms with Gasteiger partial charge in [-0.05, 0) is 51.6 Å². The van der Waals surface area contributed by atoms with Crippen LogP contribution in [0.3, 0.4) is 0 Å². The van der Waals surface area contributed by atoms with E-state index in [0.717, 1.165) is 37.1 Å². The fraction of sp³-hybridized carbons (Fsp3) is 0.647. The SMILES string of the molecule is CCOc1cccc(C2(O)CCCCC2CN(C)C)c1. The van der Waals surface area contributed by atoms with E-state index in [9.17, 15) is 5.11 Å². The van der Waals surface area contributed by atoms with Crippen molar-refractivity contribution < 1.29 is 9.84 Å². The van der Waals surface area contributed by atoms with Crippen LogP contribution < -0.4 is 4.74 Å². The summed E-state index contributed by atoms with van der Waals surface area (Å²) in [6, 6.07) is 7.99. The van der Waals surface area contributed by atoms with Gasteiger partial charge in [0, 0.05) is 12.5 Å². The highest BCUT2D eigenvalue weighted by molar-refractivity contribution is 5.33. The van der Waals surface area contributed by atoms with Crippen molar-refractivity contribution in [1.29, 1.82) is 0 Å². The summed E-state index contributed by atoms with van der Waals surface area (Å²) in [7, 11) is 4.15. The van der Waals surface area contributed by atoms with Gasteiger partial charge in [0.1, 0.15) is 5.75 Å². The lowest BCUT2D eigenvalue weighted by Crippen LogP contribution is -2.43. The lowest BCUT2D eigenvalue weighted by Gasteiger charge is -2.41. The first-order valence-corrected chi connectivity index (χ1v) is 7.66. The molecule has 1 aromatic rings. The molecule has 0 heterocycles. The van der Waals surface area contributed by atoms with Gasteiger partial charge in [0.05, 0.1) is 12.2 Å². The van der Waals surface area contributed by atoms with E-state index >= 15 is 0 Å². The van der Waals surface area contributed by atoms with Crippen LogP contribution in [-0.2, 0) is 5.60 Å². The molecule has 20 heavy (non-hydrogen) atoms. The number of nitrogens with zero attached hydrogens (tertiary/aromatic N) is 1. The summed E-state index contributed by atoms with van der Waals surface area (Å²) in [5.41, 5.74) is 0.297. The van der Waals surface area contributed by atoms with Crippen molar-refractivity contribution in [3.05, 3.63) is 29.8 Å². The maximum atomic E-state index is 11.3. The van der Waals surface area contributed by atoms with Gasteiger partial charge >= 0.3 is 0 Å². The van der Waals surface area contributed by atoms with E-state index in [0.29, 0.717) is 12.5 Å². The largest absolute Gasteiger partial charge is 0.494 e. The first-order chi connectivity index (χ1) is 9.56. The molecule has 1 aliphatic carbocycles. The minimum absolute atomic E-state index is 0.295. The Bertz CT molecular complexity index is 433. The molecular weight excluding hydrogens is 250 g/mol. The highest BCUT2D eigenvalue weighted by atomic mass is 16.5. The Kier molecular flexibility index (Phi) is 5.06. The first-order valence-electron chi connectivity index (χ1n) is 7.66. The van der Waals surface area contributed by atoms with Crippen LogP contribution >= 0.6 is 0 Å². The van der Waals surface area contributed by atoms with E-state index in [4.69, 9.17) is 4.74 Å². The van der Waals surface area contributed by atoms with Gasteiger partial charge in [-0.15, -0.1) is 0 Å². The second kappa shape index (κ2) is 6.59. The highest BCUT2D eigenvalue weighted by Crippen LogP contribution is 2.42. The maximum Gasteiger partial charge on any atom is 0.119 e. The van der Waals surface area contributed by atoms with Gasteiger partial charge in [0.2, 0.25) is 0 Å².